The van der Waals surface area contributed by atoms with Gasteiger partial charge in [0.2, 0.25) is 5.91 Å². The smallest absolute Gasteiger partial charge is 0.259 e. The molecule has 0 spiro atoms. The molecule has 0 unspecified atom stereocenters. The number of para-hydroxylation sites is 1. The number of nitrogens with two attached hydrogens (primary N) is 1. The standard InChI is InChI=1S/C22H19BrN2O4/c1-28-20-11-10-14(21(24)26)12-18(20)25-22(27)16-7-3-5-9-19(16)29-13-15-6-2-4-8-17(15)23/h2-12H,13H2,1H3,(H2,24,26)(H,25,27). The molecule has 0 aliphatic carbocycles. The SMILES string of the molecule is COc1ccc(C(N)=O)cc1NC(=O)c1ccccc1OCc1ccccc1Br. The van der Waals surface area contributed by atoms with E-state index < -0.39 is 11.8 Å². The Morgan fingerprint density at radius 2 is 1.72 bits per heavy atom. The molecular formula is C22H19BrN2O4. The van der Waals surface area contributed by atoms with Crippen molar-refractivity contribution in [3.63, 3.8) is 0 Å². The average Bonchev–Trinajstić information content (AvgIpc) is 2.73. The molecule has 3 aromatic carbocycles. The van der Waals surface area contributed by atoms with E-state index in [1.54, 1.807) is 30.3 Å². The van der Waals surface area contributed by atoms with Crippen molar-refractivity contribution >= 4 is 33.4 Å². The van der Waals surface area contributed by atoms with Gasteiger partial charge in [-0.25, -0.2) is 0 Å². The van der Waals surface area contributed by atoms with Gasteiger partial charge in [-0.2, -0.15) is 0 Å². The molecule has 3 rings (SSSR count). The van der Waals surface area contributed by atoms with Crippen LogP contribution in [0.3, 0.4) is 0 Å². The maximum atomic E-state index is 12.9. The van der Waals surface area contributed by atoms with E-state index in [1.165, 1.54) is 19.2 Å². The van der Waals surface area contributed by atoms with E-state index in [1.807, 2.05) is 24.3 Å². The maximum Gasteiger partial charge on any atom is 0.259 e. The van der Waals surface area contributed by atoms with Crippen molar-refractivity contribution in [1.82, 2.24) is 0 Å². The monoisotopic (exact) mass is 454 g/mol. The van der Waals surface area contributed by atoms with Crippen LogP contribution in [0.5, 0.6) is 11.5 Å². The first-order valence-corrected chi connectivity index (χ1v) is 9.53. The fraction of sp³-hybridized carbons (Fsp3) is 0.0909. The molecule has 0 atom stereocenters. The summed E-state index contributed by atoms with van der Waals surface area (Å²) in [6, 6.07) is 19.2. The van der Waals surface area contributed by atoms with Crippen LogP contribution in [0.15, 0.2) is 71.2 Å². The van der Waals surface area contributed by atoms with Crippen LogP contribution in [0.25, 0.3) is 0 Å². The molecule has 0 aromatic heterocycles. The highest BCUT2D eigenvalue weighted by Gasteiger charge is 2.16. The third kappa shape index (κ3) is 4.94. The molecule has 3 aromatic rings. The molecule has 0 radical (unpaired) electrons. The van der Waals surface area contributed by atoms with E-state index in [9.17, 15) is 9.59 Å². The molecular weight excluding hydrogens is 436 g/mol. The molecule has 6 nitrogen and oxygen atoms in total. The number of hydrogen-bond acceptors (Lipinski definition) is 4. The predicted octanol–water partition coefficient (Wildman–Crippen LogP) is 4.39. The van der Waals surface area contributed by atoms with Gasteiger partial charge in [0, 0.05) is 15.6 Å². The highest BCUT2D eigenvalue weighted by atomic mass is 79.9. The van der Waals surface area contributed by atoms with Crippen molar-refractivity contribution < 1.29 is 19.1 Å². The summed E-state index contributed by atoms with van der Waals surface area (Å²) in [5.41, 5.74) is 7.25. The number of rotatable bonds is 7. The third-order valence-corrected chi connectivity index (χ3v) is 4.98. The number of carbonyl (C=O) groups is 2. The van der Waals surface area contributed by atoms with Crippen LogP contribution in [0.4, 0.5) is 5.69 Å². The summed E-state index contributed by atoms with van der Waals surface area (Å²) in [7, 11) is 1.48. The number of hydrogen-bond donors (Lipinski definition) is 2. The van der Waals surface area contributed by atoms with Gasteiger partial charge in [0.05, 0.1) is 18.4 Å². The lowest BCUT2D eigenvalue weighted by Crippen LogP contribution is -2.16. The van der Waals surface area contributed by atoms with Crippen LogP contribution in [0.1, 0.15) is 26.3 Å². The van der Waals surface area contributed by atoms with E-state index >= 15 is 0 Å². The number of primary amides is 1. The van der Waals surface area contributed by atoms with E-state index in [0.717, 1.165) is 10.0 Å². The van der Waals surface area contributed by atoms with E-state index in [2.05, 4.69) is 21.2 Å². The molecule has 0 saturated carbocycles. The van der Waals surface area contributed by atoms with Crippen LogP contribution >= 0.6 is 15.9 Å². The molecule has 2 amide bonds. The summed E-state index contributed by atoms with van der Waals surface area (Å²) in [6.45, 7) is 0.298. The minimum atomic E-state index is -0.597. The molecule has 0 saturated heterocycles. The van der Waals surface area contributed by atoms with Crippen LogP contribution in [-0.2, 0) is 6.61 Å². The Labute approximate surface area is 176 Å². The lowest BCUT2D eigenvalue weighted by molar-refractivity contribution is 0.0995. The largest absolute Gasteiger partial charge is 0.495 e. The summed E-state index contributed by atoms with van der Waals surface area (Å²) in [5.74, 6) is -0.145. The molecule has 0 aliphatic rings. The Morgan fingerprint density at radius 1 is 1.00 bits per heavy atom. The Balaban J connectivity index is 1.83. The summed E-state index contributed by atoms with van der Waals surface area (Å²) < 4.78 is 12.1. The molecule has 29 heavy (non-hydrogen) atoms. The van der Waals surface area contributed by atoms with E-state index in [-0.39, 0.29) is 5.56 Å². The first kappa shape index (κ1) is 20.4. The Morgan fingerprint density at radius 3 is 2.45 bits per heavy atom. The number of carbonyl (C=O) groups excluding carboxylic acids is 2. The zero-order valence-corrected chi connectivity index (χ0v) is 17.2. The molecule has 3 N–H and O–H groups in total. The number of nitrogens with one attached hydrogen (secondary N) is 1. The van der Waals surface area contributed by atoms with Crippen molar-refractivity contribution in [1.29, 1.82) is 0 Å². The second-order valence-corrected chi connectivity index (χ2v) is 6.96. The molecule has 0 bridgehead atoms. The first-order valence-electron chi connectivity index (χ1n) is 8.74. The lowest BCUT2D eigenvalue weighted by atomic mass is 10.1. The fourth-order valence-corrected chi connectivity index (χ4v) is 3.10. The summed E-state index contributed by atoms with van der Waals surface area (Å²) in [6.07, 6.45) is 0. The first-order chi connectivity index (χ1) is 14.0. The van der Waals surface area contributed by atoms with Gasteiger partial charge in [-0.1, -0.05) is 46.3 Å². The zero-order chi connectivity index (χ0) is 20.8. The van der Waals surface area contributed by atoms with Crippen molar-refractivity contribution in [3.05, 3.63) is 87.9 Å². The van der Waals surface area contributed by atoms with Gasteiger partial charge in [0.15, 0.2) is 0 Å². The second kappa shape index (κ2) is 9.25. The summed E-state index contributed by atoms with van der Waals surface area (Å²) in [5, 5.41) is 2.76. The normalized spacial score (nSPS) is 10.3. The minimum absolute atomic E-state index is 0.263. The van der Waals surface area contributed by atoms with Gasteiger partial charge in [0.25, 0.3) is 5.91 Å². The topological polar surface area (TPSA) is 90.6 Å². The average molecular weight is 455 g/mol. The number of amides is 2. The van der Waals surface area contributed by atoms with Gasteiger partial charge < -0.3 is 20.5 Å². The molecule has 148 valence electrons. The van der Waals surface area contributed by atoms with Crippen LogP contribution in [0, 0.1) is 0 Å². The third-order valence-electron chi connectivity index (χ3n) is 4.20. The highest BCUT2D eigenvalue weighted by molar-refractivity contribution is 9.10. The minimum Gasteiger partial charge on any atom is -0.495 e. The van der Waals surface area contributed by atoms with Crippen molar-refractivity contribution in [3.8, 4) is 11.5 Å². The van der Waals surface area contributed by atoms with Crippen molar-refractivity contribution in [2.75, 3.05) is 12.4 Å². The van der Waals surface area contributed by atoms with Gasteiger partial charge in [-0.3, -0.25) is 9.59 Å². The number of benzene rings is 3. The molecule has 0 aliphatic heterocycles. The van der Waals surface area contributed by atoms with Crippen LogP contribution in [-0.4, -0.2) is 18.9 Å². The maximum absolute atomic E-state index is 12.9. The second-order valence-electron chi connectivity index (χ2n) is 6.11. The van der Waals surface area contributed by atoms with Gasteiger partial charge >= 0.3 is 0 Å². The summed E-state index contributed by atoms with van der Waals surface area (Å²) >= 11 is 3.48. The molecule has 0 fully saturated rings. The lowest BCUT2D eigenvalue weighted by Gasteiger charge is -2.14. The number of anilines is 1. The molecule has 7 heteroatoms. The summed E-state index contributed by atoms with van der Waals surface area (Å²) in [4.78, 5) is 24.3. The number of methoxy groups -OCH3 is 1. The van der Waals surface area contributed by atoms with Crippen molar-refractivity contribution in [2.45, 2.75) is 6.61 Å². The zero-order valence-electron chi connectivity index (χ0n) is 15.6. The van der Waals surface area contributed by atoms with E-state index in [0.29, 0.717) is 29.4 Å². The van der Waals surface area contributed by atoms with Crippen LogP contribution in [0.2, 0.25) is 0 Å². The fourth-order valence-electron chi connectivity index (χ4n) is 2.70. The Bertz CT molecular complexity index is 1050. The highest BCUT2D eigenvalue weighted by Crippen LogP contribution is 2.28. The Kier molecular flexibility index (Phi) is 6.51. The number of ether oxygens (including phenoxy) is 2. The van der Waals surface area contributed by atoms with E-state index in [4.69, 9.17) is 15.2 Å². The van der Waals surface area contributed by atoms with Gasteiger partial charge in [-0.15, -0.1) is 0 Å². The van der Waals surface area contributed by atoms with Crippen molar-refractivity contribution in [2.24, 2.45) is 5.73 Å². The van der Waals surface area contributed by atoms with Gasteiger partial charge in [-0.05, 0) is 36.4 Å². The Hall–Kier alpha value is -3.32. The quantitative estimate of drug-likeness (QED) is 0.553. The van der Waals surface area contributed by atoms with Gasteiger partial charge in [0.1, 0.15) is 18.1 Å². The number of halogens is 1. The van der Waals surface area contributed by atoms with Crippen LogP contribution < -0.4 is 20.5 Å². The molecule has 0 heterocycles. The predicted molar refractivity (Wildman–Crippen MR) is 114 cm³/mol.